The minimum Gasteiger partial charge on any atom is -0.468 e. The van der Waals surface area contributed by atoms with Crippen LogP contribution in [0.2, 0.25) is 0 Å². The lowest BCUT2D eigenvalue weighted by Gasteiger charge is -2.29. The topological polar surface area (TPSA) is 92.8 Å². The lowest BCUT2D eigenvalue weighted by molar-refractivity contribution is 0.148. The maximum Gasteiger partial charge on any atom is 0.252 e. The zero-order chi connectivity index (χ0) is 24.9. The van der Waals surface area contributed by atoms with Gasteiger partial charge in [-0.15, -0.1) is 5.10 Å². The highest BCUT2D eigenvalue weighted by Crippen LogP contribution is 2.27. The van der Waals surface area contributed by atoms with E-state index in [-0.39, 0.29) is 11.6 Å². The second kappa shape index (κ2) is 10.7. The van der Waals surface area contributed by atoms with Gasteiger partial charge in [-0.25, -0.2) is 4.68 Å². The summed E-state index contributed by atoms with van der Waals surface area (Å²) in [6.45, 7) is 5.77. The number of aryl methyl sites for hydroxylation is 3. The van der Waals surface area contributed by atoms with Crippen LogP contribution >= 0.6 is 0 Å². The molecule has 8 nitrogen and oxygen atoms in total. The van der Waals surface area contributed by atoms with Gasteiger partial charge in [0.15, 0.2) is 5.82 Å². The van der Waals surface area contributed by atoms with E-state index in [0.717, 1.165) is 40.9 Å². The number of hydrogen-bond acceptors (Lipinski definition) is 6. The van der Waals surface area contributed by atoms with E-state index < -0.39 is 0 Å². The largest absolute Gasteiger partial charge is 0.468 e. The van der Waals surface area contributed by atoms with Crippen LogP contribution in [0.25, 0.3) is 10.9 Å². The van der Waals surface area contributed by atoms with Gasteiger partial charge in [0.05, 0.1) is 18.8 Å². The Morgan fingerprint density at radius 1 is 1.06 bits per heavy atom. The zero-order valence-corrected chi connectivity index (χ0v) is 20.6. The minimum absolute atomic E-state index is 0.0870. The van der Waals surface area contributed by atoms with Crippen molar-refractivity contribution in [3.8, 4) is 0 Å². The summed E-state index contributed by atoms with van der Waals surface area (Å²) in [5.41, 5.74) is 3.80. The molecule has 0 spiro atoms. The van der Waals surface area contributed by atoms with E-state index >= 15 is 0 Å². The minimum atomic E-state index is -0.103. The Morgan fingerprint density at radius 2 is 1.92 bits per heavy atom. The van der Waals surface area contributed by atoms with Crippen molar-refractivity contribution >= 4 is 10.9 Å². The Bertz CT molecular complexity index is 1470. The SMILES string of the molecule is CCC(c1nnnn1CCc1ccccc1)N(Cc1ccco1)Cc1cc2ccc(C)cc2[nH]c1=O. The molecule has 5 aromatic rings. The molecule has 3 heterocycles. The number of benzene rings is 2. The lowest BCUT2D eigenvalue weighted by atomic mass is 10.1. The fourth-order valence-corrected chi connectivity index (χ4v) is 4.67. The molecule has 0 bridgehead atoms. The molecular weight excluding hydrogens is 452 g/mol. The predicted octanol–water partition coefficient (Wildman–Crippen LogP) is 4.81. The summed E-state index contributed by atoms with van der Waals surface area (Å²) in [7, 11) is 0. The summed E-state index contributed by atoms with van der Waals surface area (Å²) in [6, 6.07) is 22.1. The molecule has 2 aromatic carbocycles. The van der Waals surface area contributed by atoms with Gasteiger partial charge in [0.25, 0.3) is 5.56 Å². The van der Waals surface area contributed by atoms with E-state index in [1.54, 1.807) is 6.26 Å². The maximum absolute atomic E-state index is 13.1. The fourth-order valence-electron chi connectivity index (χ4n) is 4.67. The quantitative estimate of drug-likeness (QED) is 0.307. The summed E-state index contributed by atoms with van der Waals surface area (Å²) in [5.74, 6) is 1.61. The molecule has 0 aliphatic heterocycles. The third-order valence-electron chi connectivity index (χ3n) is 6.53. The van der Waals surface area contributed by atoms with Crippen LogP contribution in [0.4, 0.5) is 0 Å². The van der Waals surface area contributed by atoms with Crippen molar-refractivity contribution in [1.82, 2.24) is 30.1 Å². The third kappa shape index (κ3) is 5.28. The molecule has 0 amide bonds. The first-order valence-corrected chi connectivity index (χ1v) is 12.3. The standard InChI is InChI=1S/C28H30N6O2/c1-3-26(27-30-31-32-34(27)14-13-21-8-5-4-6-9-21)33(19-24-10-7-15-36-24)18-23-17-22-12-11-20(2)16-25(22)29-28(23)35/h4-12,15-17,26H,3,13-14,18-19H2,1-2H3,(H,29,35). The smallest absolute Gasteiger partial charge is 0.252 e. The number of aromatic amines is 1. The molecule has 1 atom stereocenters. The lowest BCUT2D eigenvalue weighted by Crippen LogP contribution is -2.32. The van der Waals surface area contributed by atoms with Gasteiger partial charge in [-0.05, 0) is 71.0 Å². The van der Waals surface area contributed by atoms with E-state index in [2.05, 4.69) is 50.5 Å². The molecule has 0 fully saturated rings. The predicted molar refractivity (Wildman–Crippen MR) is 138 cm³/mol. The number of hydrogen-bond donors (Lipinski definition) is 1. The molecule has 8 heteroatoms. The number of nitrogens with one attached hydrogen (secondary N) is 1. The third-order valence-corrected chi connectivity index (χ3v) is 6.53. The van der Waals surface area contributed by atoms with Gasteiger partial charge >= 0.3 is 0 Å². The van der Waals surface area contributed by atoms with Gasteiger partial charge < -0.3 is 9.40 Å². The molecular formula is C28H30N6O2. The van der Waals surface area contributed by atoms with Crippen molar-refractivity contribution < 1.29 is 4.42 Å². The Morgan fingerprint density at radius 3 is 2.69 bits per heavy atom. The monoisotopic (exact) mass is 482 g/mol. The van der Waals surface area contributed by atoms with Crippen LogP contribution in [-0.4, -0.2) is 30.1 Å². The number of pyridine rings is 1. The Labute approximate surface area is 209 Å². The molecule has 3 aromatic heterocycles. The summed E-state index contributed by atoms with van der Waals surface area (Å²) in [5, 5.41) is 13.7. The van der Waals surface area contributed by atoms with Crippen molar-refractivity contribution in [2.75, 3.05) is 0 Å². The number of nitrogens with zero attached hydrogens (tertiary/aromatic N) is 5. The average molecular weight is 483 g/mol. The van der Waals surface area contributed by atoms with Crippen LogP contribution in [0, 0.1) is 6.92 Å². The van der Waals surface area contributed by atoms with Gasteiger partial charge in [-0.2, -0.15) is 0 Å². The van der Waals surface area contributed by atoms with E-state index in [1.165, 1.54) is 5.56 Å². The number of furan rings is 1. The molecule has 0 saturated carbocycles. The second-order valence-corrected chi connectivity index (χ2v) is 9.12. The molecule has 184 valence electrons. The summed E-state index contributed by atoms with van der Waals surface area (Å²) >= 11 is 0. The maximum atomic E-state index is 13.1. The van der Waals surface area contributed by atoms with Gasteiger partial charge in [-0.1, -0.05) is 49.4 Å². The molecule has 1 unspecified atom stereocenters. The van der Waals surface area contributed by atoms with Crippen molar-refractivity contribution in [1.29, 1.82) is 0 Å². The van der Waals surface area contributed by atoms with Gasteiger partial charge in [0.1, 0.15) is 5.76 Å². The van der Waals surface area contributed by atoms with Crippen LogP contribution in [0.3, 0.4) is 0 Å². The summed E-state index contributed by atoms with van der Waals surface area (Å²) < 4.78 is 7.56. The highest BCUT2D eigenvalue weighted by atomic mass is 16.3. The summed E-state index contributed by atoms with van der Waals surface area (Å²) in [4.78, 5) is 18.3. The number of aromatic nitrogens is 5. The van der Waals surface area contributed by atoms with E-state index in [1.807, 2.05) is 60.1 Å². The van der Waals surface area contributed by atoms with Gasteiger partial charge in [0.2, 0.25) is 0 Å². The summed E-state index contributed by atoms with van der Waals surface area (Å²) in [6.07, 6.45) is 3.28. The second-order valence-electron chi connectivity index (χ2n) is 9.12. The Balaban J connectivity index is 1.45. The molecule has 0 aliphatic carbocycles. The van der Waals surface area contributed by atoms with Crippen LogP contribution in [-0.2, 0) is 26.1 Å². The van der Waals surface area contributed by atoms with Gasteiger partial charge in [-0.3, -0.25) is 9.69 Å². The van der Waals surface area contributed by atoms with E-state index in [9.17, 15) is 4.79 Å². The van der Waals surface area contributed by atoms with Crippen molar-refractivity contribution in [2.45, 2.75) is 52.4 Å². The van der Waals surface area contributed by atoms with Crippen molar-refractivity contribution in [3.63, 3.8) is 0 Å². The average Bonchev–Trinajstić information content (AvgIpc) is 3.57. The van der Waals surface area contributed by atoms with E-state index in [4.69, 9.17) is 4.42 Å². The first kappa shape index (κ1) is 23.7. The van der Waals surface area contributed by atoms with E-state index in [0.29, 0.717) is 25.2 Å². The Hall–Kier alpha value is -4.04. The first-order valence-electron chi connectivity index (χ1n) is 12.3. The van der Waals surface area contributed by atoms with Crippen LogP contribution in [0.5, 0.6) is 0 Å². The molecule has 36 heavy (non-hydrogen) atoms. The van der Waals surface area contributed by atoms with Crippen LogP contribution in [0.1, 0.15) is 47.7 Å². The van der Waals surface area contributed by atoms with Gasteiger partial charge in [0, 0.05) is 24.2 Å². The molecule has 0 aliphatic rings. The number of rotatable bonds is 10. The molecule has 0 saturated heterocycles. The first-order chi connectivity index (χ1) is 17.6. The number of H-pyrrole nitrogens is 1. The molecule has 0 radical (unpaired) electrons. The molecule has 5 rings (SSSR count). The van der Waals surface area contributed by atoms with Crippen molar-refractivity contribution in [3.05, 3.63) is 112 Å². The number of fused-ring (bicyclic) bond motifs is 1. The molecule has 1 N–H and O–H groups in total. The highest BCUT2D eigenvalue weighted by molar-refractivity contribution is 5.79. The van der Waals surface area contributed by atoms with Crippen molar-refractivity contribution in [2.24, 2.45) is 0 Å². The fraction of sp³-hybridized carbons (Fsp3) is 0.286. The normalized spacial score (nSPS) is 12.4. The number of tetrazole rings is 1. The zero-order valence-electron chi connectivity index (χ0n) is 20.6. The van der Waals surface area contributed by atoms with Crippen LogP contribution in [0.15, 0.2) is 82.2 Å². The Kier molecular flexibility index (Phi) is 7.04. The van der Waals surface area contributed by atoms with Crippen LogP contribution < -0.4 is 5.56 Å². The highest BCUT2D eigenvalue weighted by Gasteiger charge is 2.26.